The number of hydrogen-bond donors (Lipinski definition) is 3. The lowest BCUT2D eigenvalue weighted by molar-refractivity contribution is 0.378. The molecule has 122 valence electrons. The van der Waals surface area contributed by atoms with Crippen LogP contribution in [0, 0.1) is 0 Å². The first-order chi connectivity index (χ1) is 11.6. The number of ether oxygens (including phenoxy) is 2. The van der Waals surface area contributed by atoms with Gasteiger partial charge in [-0.2, -0.15) is 0 Å². The average Bonchev–Trinajstić information content (AvgIpc) is 2.57. The maximum Gasteiger partial charge on any atom is 0.220 e. The van der Waals surface area contributed by atoms with Crippen LogP contribution in [-0.2, 0) is 0 Å². The van der Waals surface area contributed by atoms with Gasteiger partial charge in [-0.15, -0.1) is 0 Å². The van der Waals surface area contributed by atoms with Crippen molar-refractivity contribution in [3.05, 3.63) is 48.7 Å². The van der Waals surface area contributed by atoms with Gasteiger partial charge in [0.25, 0.3) is 0 Å². The largest absolute Gasteiger partial charge is 0.508 e. The maximum atomic E-state index is 10.1. The van der Waals surface area contributed by atoms with Crippen LogP contribution >= 0.6 is 0 Å². The van der Waals surface area contributed by atoms with Crippen LogP contribution in [0.2, 0.25) is 0 Å². The fraction of sp³-hybridized carbons (Fsp3) is 0.0588. The van der Waals surface area contributed by atoms with Crippen molar-refractivity contribution in [1.82, 2.24) is 9.97 Å². The van der Waals surface area contributed by atoms with Crippen molar-refractivity contribution in [2.75, 3.05) is 12.8 Å². The molecule has 0 spiro atoms. The number of para-hydroxylation sites is 2. The van der Waals surface area contributed by atoms with E-state index in [-0.39, 0.29) is 23.2 Å². The molecule has 3 rings (SSSR count). The Kier molecular flexibility index (Phi) is 4.07. The van der Waals surface area contributed by atoms with Crippen molar-refractivity contribution in [2.45, 2.75) is 0 Å². The number of nitrogen functional groups attached to an aromatic ring is 1. The van der Waals surface area contributed by atoms with E-state index in [9.17, 15) is 10.2 Å². The van der Waals surface area contributed by atoms with Crippen LogP contribution in [0.15, 0.2) is 48.7 Å². The predicted octanol–water partition coefficient (Wildman–Crippen LogP) is 2.94. The topological polar surface area (TPSA) is 111 Å². The summed E-state index contributed by atoms with van der Waals surface area (Å²) in [6.07, 6.45) is 1.41. The lowest BCUT2D eigenvalue weighted by Gasteiger charge is -2.13. The van der Waals surface area contributed by atoms with E-state index >= 15 is 0 Å². The summed E-state index contributed by atoms with van der Waals surface area (Å²) < 4.78 is 11.1. The molecule has 0 fully saturated rings. The predicted molar refractivity (Wildman–Crippen MR) is 88.3 cm³/mol. The third-order valence-corrected chi connectivity index (χ3v) is 3.30. The third kappa shape index (κ3) is 3.00. The van der Waals surface area contributed by atoms with Gasteiger partial charge in [0.2, 0.25) is 5.95 Å². The summed E-state index contributed by atoms with van der Waals surface area (Å²) in [5, 5.41) is 19.5. The molecular weight excluding hydrogens is 310 g/mol. The number of aromatic hydroxyl groups is 2. The molecule has 4 N–H and O–H groups in total. The molecule has 0 saturated carbocycles. The monoisotopic (exact) mass is 325 g/mol. The van der Waals surface area contributed by atoms with Gasteiger partial charge in [0.05, 0.1) is 13.3 Å². The molecule has 0 atom stereocenters. The standard InChI is InChI=1S/C17H15N3O4/c1-23-13-4-2-3-5-14(13)24-15-9-19-17(18)20-16(15)11-7-6-10(21)8-12(11)22/h2-9,21-22H,1H3,(H2,18,19,20). The van der Waals surface area contributed by atoms with Crippen molar-refractivity contribution < 1.29 is 19.7 Å². The molecule has 0 aliphatic heterocycles. The summed E-state index contributed by atoms with van der Waals surface area (Å²) in [5.41, 5.74) is 6.31. The fourth-order valence-corrected chi connectivity index (χ4v) is 2.19. The average molecular weight is 325 g/mol. The minimum absolute atomic E-state index is 0.0323. The molecule has 7 nitrogen and oxygen atoms in total. The number of rotatable bonds is 4. The third-order valence-electron chi connectivity index (χ3n) is 3.30. The van der Waals surface area contributed by atoms with E-state index in [0.29, 0.717) is 22.8 Å². The summed E-state index contributed by atoms with van der Waals surface area (Å²) in [6, 6.07) is 11.3. The van der Waals surface area contributed by atoms with Gasteiger partial charge >= 0.3 is 0 Å². The zero-order valence-corrected chi connectivity index (χ0v) is 12.8. The minimum Gasteiger partial charge on any atom is -0.508 e. The number of phenols is 2. The Morgan fingerprint density at radius 1 is 1.00 bits per heavy atom. The summed E-state index contributed by atoms with van der Waals surface area (Å²) in [6.45, 7) is 0. The van der Waals surface area contributed by atoms with E-state index < -0.39 is 0 Å². The number of hydrogen-bond acceptors (Lipinski definition) is 7. The highest BCUT2D eigenvalue weighted by molar-refractivity contribution is 5.73. The number of aromatic nitrogens is 2. The Morgan fingerprint density at radius 2 is 1.75 bits per heavy atom. The lowest BCUT2D eigenvalue weighted by Crippen LogP contribution is -2.00. The zero-order chi connectivity index (χ0) is 17.1. The first kappa shape index (κ1) is 15.4. The molecular formula is C17H15N3O4. The number of nitrogens with two attached hydrogens (primary N) is 1. The van der Waals surface area contributed by atoms with Crippen molar-refractivity contribution in [2.24, 2.45) is 0 Å². The number of nitrogens with zero attached hydrogens (tertiary/aromatic N) is 2. The van der Waals surface area contributed by atoms with Crippen LogP contribution in [0.4, 0.5) is 5.95 Å². The second-order valence-electron chi connectivity index (χ2n) is 4.90. The second kappa shape index (κ2) is 6.33. The van der Waals surface area contributed by atoms with Crippen LogP contribution < -0.4 is 15.2 Å². The van der Waals surface area contributed by atoms with E-state index in [1.54, 1.807) is 18.2 Å². The van der Waals surface area contributed by atoms with Crippen molar-refractivity contribution in [3.63, 3.8) is 0 Å². The van der Waals surface area contributed by atoms with E-state index in [4.69, 9.17) is 15.2 Å². The minimum atomic E-state index is -0.155. The van der Waals surface area contributed by atoms with Gasteiger partial charge in [-0.25, -0.2) is 9.97 Å². The molecule has 0 saturated heterocycles. The molecule has 0 radical (unpaired) electrons. The Morgan fingerprint density at radius 3 is 2.46 bits per heavy atom. The molecule has 1 heterocycles. The molecule has 2 aromatic carbocycles. The number of anilines is 1. The van der Waals surface area contributed by atoms with Crippen molar-refractivity contribution >= 4 is 5.95 Å². The van der Waals surface area contributed by atoms with Gasteiger partial charge in [0.1, 0.15) is 17.2 Å². The Labute approximate surface area is 138 Å². The summed E-state index contributed by atoms with van der Waals surface area (Å²) in [7, 11) is 1.54. The summed E-state index contributed by atoms with van der Waals surface area (Å²) in [5.74, 6) is 1.10. The number of phenolic OH excluding ortho intramolecular Hbond substituents is 2. The van der Waals surface area contributed by atoms with Gasteiger partial charge in [-0.05, 0) is 24.3 Å². The molecule has 7 heteroatoms. The second-order valence-corrected chi connectivity index (χ2v) is 4.90. The zero-order valence-electron chi connectivity index (χ0n) is 12.8. The van der Waals surface area contributed by atoms with Gasteiger partial charge in [-0.1, -0.05) is 12.1 Å². The van der Waals surface area contributed by atoms with Crippen LogP contribution in [0.1, 0.15) is 0 Å². The quantitative estimate of drug-likeness (QED) is 0.676. The van der Waals surface area contributed by atoms with E-state index in [1.165, 1.54) is 31.5 Å². The smallest absolute Gasteiger partial charge is 0.220 e. The molecule has 0 amide bonds. The maximum absolute atomic E-state index is 10.1. The van der Waals surface area contributed by atoms with Gasteiger partial charge in [0, 0.05) is 11.6 Å². The van der Waals surface area contributed by atoms with E-state index in [1.807, 2.05) is 6.07 Å². The lowest BCUT2D eigenvalue weighted by atomic mass is 10.1. The van der Waals surface area contributed by atoms with Crippen LogP contribution in [0.3, 0.4) is 0 Å². The highest BCUT2D eigenvalue weighted by Crippen LogP contribution is 2.39. The van der Waals surface area contributed by atoms with Crippen molar-refractivity contribution in [1.29, 1.82) is 0 Å². The summed E-state index contributed by atoms with van der Waals surface area (Å²) >= 11 is 0. The Bertz CT molecular complexity index is 883. The molecule has 0 bridgehead atoms. The first-order valence-corrected chi connectivity index (χ1v) is 7.04. The first-order valence-electron chi connectivity index (χ1n) is 7.04. The molecule has 24 heavy (non-hydrogen) atoms. The van der Waals surface area contributed by atoms with Crippen LogP contribution in [-0.4, -0.2) is 27.3 Å². The van der Waals surface area contributed by atoms with E-state index in [2.05, 4.69) is 9.97 Å². The highest BCUT2D eigenvalue weighted by Gasteiger charge is 2.16. The van der Waals surface area contributed by atoms with E-state index in [0.717, 1.165) is 0 Å². The van der Waals surface area contributed by atoms with Crippen LogP contribution in [0.5, 0.6) is 28.7 Å². The Balaban J connectivity index is 2.09. The molecule has 3 aromatic rings. The van der Waals surface area contributed by atoms with Gasteiger partial charge in [0.15, 0.2) is 17.2 Å². The molecule has 1 aromatic heterocycles. The summed E-state index contributed by atoms with van der Waals surface area (Å²) in [4.78, 5) is 8.08. The number of benzene rings is 2. The van der Waals surface area contributed by atoms with Crippen LogP contribution in [0.25, 0.3) is 11.3 Å². The molecule has 0 unspecified atom stereocenters. The normalized spacial score (nSPS) is 10.4. The number of methoxy groups -OCH3 is 1. The van der Waals surface area contributed by atoms with Gasteiger partial charge in [-0.3, -0.25) is 0 Å². The van der Waals surface area contributed by atoms with Crippen molar-refractivity contribution in [3.8, 4) is 40.0 Å². The fourth-order valence-electron chi connectivity index (χ4n) is 2.19. The Hall–Kier alpha value is -3.48. The highest BCUT2D eigenvalue weighted by atomic mass is 16.5. The SMILES string of the molecule is COc1ccccc1Oc1cnc(N)nc1-c1ccc(O)cc1O. The molecule has 0 aliphatic rings. The van der Waals surface area contributed by atoms with Gasteiger partial charge < -0.3 is 25.4 Å². The molecule has 0 aliphatic carbocycles.